The number of carbonyl (C=O) groups is 1. The number of nitro benzene ring substituents is 1. The van der Waals surface area contributed by atoms with Crippen LogP contribution in [-0.2, 0) is 0 Å². The van der Waals surface area contributed by atoms with E-state index in [-0.39, 0.29) is 22.8 Å². The molecule has 6 nitrogen and oxygen atoms in total. The Bertz CT molecular complexity index is 484. The molecule has 0 saturated carbocycles. The normalized spacial score (nSPS) is 10.1. The van der Waals surface area contributed by atoms with Gasteiger partial charge in [-0.3, -0.25) is 14.9 Å². The van der Waals surface area contributed by atoms with Crippen molar-refractivity contribution in [2.75, 3.05) is 13.7 Å². The van der Waals surface area contributed by atoms with Crippen molar-refractivity contribution in [3.05, 3.63) is 27.8 Å². The molecule has 0 radical (unpaired) electrons. The van der Waals surface area contributed by atoms with E-state index in [1.54, 1.807) is 0 Å². The van der Waals surface area contributed by atoms with Gasteiger partial charge in [-0.15, -0.1) is 0 Å². The first-order chi connectivity index (χ1) is 9.01. The summed E-state index contributed by atoms with van der Waals surface area (Å²) < 4.78 is 10.6. The predicted octanol–water partition coefficient (Wildman–Crippen LogP) is 2.98. The van der Waals surface area contributed by atoms with Crippen LogP contribution in [0.4, 0.5) is 5.69 Å². The Morgan fingerprint density at radius 3 is 2.53 bits per heavy atom. The molecule has 0 aliphatic heterocycles. The molecule has 0 fully saturated rings. The number of unbranched alkanes of at least 4 members (excludes halogenated alkanes) is 1. The standard InChI is InChI=1S/C13H17NO5/c1-4-5-6-19-13-7-10(9(2)15)11(14(16)17)8-12(13)18-3/h7-8H,4-6H2,1-3H3. The average molecular weight is 267 g/mol. The molecule has 0 aromatic heterocycles. The lowest BCUT2D eigenvalue weighted by Crippen LogP contribution is -2.04. The van der Waals surface area contributed by atoms with Gasteiger partial charge in [0.1, 0.15) is 0 Å². The van der Waals surface area contributed by atoms with Gasteiger partial charge in [-0.2, -0.15) is 0 Å². The summed E-state index contributed by atoms with van der Waals surface area (Å²) in [5.74, 6) is 0.231. The lowest BCUT2D eigenvalue weighted by Gasteiger charge is -2.11. The van der Waals surface area contributed by atoms with E-state index in [9.17, 15) is 14.9 Å². The zero-order chi connectivity index (χ0) is 14.4. The molecule has 1 aromatic carbocycles. The highest BCUT2D eigenvalue weighted by Crippen LogP contribution is 2.35. The first kappa shape index (κ1) is 14.9. The quantitative estimate of drug-likeness (QED) is 0.328. The average Bonchev–Trinajstić information content (AvgIpc) is 2.38. The molecule has 0 bridgehead atoms. The Labute approximate surface area is 111 Å². The van der Waals surface area contributed by atoms with Gasteiger partial charge in [0.2, 0.25) is 0 Å². The molecule has 0 unspecified atom stereocenters. The first-order valence-electron chi connectivity index (χ1n) is 6.01. The number of hydrogen-bond donors (Lipinski definition) is 0. The van der Waals surface area contributed by atoms with Crippen molar-refractivity contribution < 1.29 is 19.2 Å². The summed E-state index contributed by atoms with van der Waals surface area (Å²) in [6.07, 6.45) is 1.82. The van der Waals surface area contributed by atoms with Gasteiger partial charge in [0.25, 0.3) is 5.69 Å². The number of methoxy groups -OCH3 is 1. The number of Topliss-reactive ketones (excluding diaryl/α,β-unsaturated/α-hetero) is 1. The van der Waals surface area contributed by atoms with E-state index in [0.29, 0.717) is 12.4 Å². The van der Waals surface area contributed by atoms with E-state index in [4.69, 9.17) is 9.47 Å². The number of nitro groups is 1. The maximum absolute atomic E-state index is 11.5. The van der Waals surface area contributed by atoms with Gasteiger partial charge in [-0.1, -0.05) is 13.3 Å². The molecule has 0 atom stereocenters. The molecule has 0 spiro atoms. The monoisotopic (exact) mass is 267 g/mol. The SMILES string of the molecule is CCCCOc1cc(C(C)=O)c([N+](=O)[O-])cc1OC. The highest BCUT2D eigenvalue weighted by molar-refractivity contribution is 5.98. The van der Waals surface area contributed by atoms with Gasteiger partial charge < -0.3 is 9.47 Å². The molecule has 0 amide bonds. The van der Waals surface area contributed by atoms with Crippen LogP contribution in [-0.4, -0.2) is 24.4 Å². The van der Waals surface area contributed by atoms with Crippen LogP contribution in [0.25, 0.3) is 0 Å². The summed E-state index contributed by atoms with van der Waals surface area (Å²) in [5.41, 5.74) is -0.246. The van der Waals surface area contributed by atoms with Crippen LogP contribution in [0.5, 0.6) is 11.5 Å². The van der Waals surface area contributed by atoms with E-state index in [1.807, 2.05) is 6.92 Å². The molecule has 104 valence electrons. The van der Waals surface area contributed by atoms with Crippen LogP contribution in [0.1, 0.15) is 37.0 Å². The third kappa shape index (κ3) is 3.67. The fourth-order valence-corrected chi connectivity index (χ4v) is 1.58. The molecule has 0 saturated heterocycles. The second kappa shape index (κ2) is 6.72. The van der Waals surface area contributed by atoms with Crippen molar-refractivity contribution >= 4 is 11.5 Å². The molecule has 0 aliphatic rings. The van der Waals surface area contributed by atoms with E-state index in [1.165, 1.54) is 26.2 Å². The summed E-state index contributed by atoms with van der Waals surface area (Å²) >= 11 is 0. The van der Waals surface area contributed by atoms with E-state index in [2.05, 4.69) is 0 Å². The van der Waals surface area contributed by atoms with Gasteiger partial charge in [0.15, 0.2) is 17.3 Å². The minimum atomic E-state index is -0.602. The van der Waals surface area contributed by atoms with Crippen LogP contribution < -0.4 is 9.47 Å². The van der Waals surface area contributed by atoms with Gasteiger partial charge in [0, 0.05) is 6.07 Å². The Balaban J connectivity index is 3.19. The molecule has 6 heteroatoms. The van der Waals surface area contributed by atoms with Crippen molar-refractivity contribution in [3.8, 4) is 11.5 Å². The summed E-state index contributed by atoms with van der Waals surface area (Å²) in [6, 6.07) is 2.59. The second-order valence-electron chi connectivity index (χ2n) is 4.04. The minimum Gasteiger partial charge on any atom is -0.493 e. The number of ketones is 1. The van der Waals surface area contributed by atoms with Crippen LogP contribution in [0.3, 0.4) is 0 Å². The Morgan fingerprint density at radius 1 is 1.37 bits per heavy atom. The maximum Gasteiger partial charge on any atom is 0.284 e. The zero-order valence-corrected chi connectivity index (χ0v) is 11.3. The summed E-state index contributed by atoms with van der Waals surface area (Å²) in [7, 11) is 1.40. The third-order valence-corrected chi connectivity index (χ3v) is 2.61. The number of nitrogens with zero attached hydrogens (tertiary/aromatic N) is 1. The molecular weight excluding hydrogens is 250 g/mol. The highest BCUT2D eigenvalue weighted by atomic mass is 16.6. The van der Waals surface area contributed by atoms with Crippen LogP contribution in [0.15, 0.2) is 12.1 Å². The number of ether oxygens (including phenoxy) is 2. The molecule has 1 rings (SSSR count). The fourth-order valence-electron chi connectivity index (χ4n) is 1.58. The topological polar surface area (TPSA) is 78.7 Å². The summed E-state index contributed by atoms with van der Waals surface area (Å²) in [5, 5.41) is 10.9. The molecule has 0 aliphatic carbocycles. The maximum atomic E-state index is 11.5. The van der Waals surface area contributed by atoms with E-state index in [0.717, 1.165) is 12.8 Å². The Kier molecular flexibility index (Phi) is 5.29. The zero-order valence-electron chi connectivity index (χ0n) is 11.3. The van der Waals surface area contributed by atoms with Crippen LogP contribution >= 0.6 is 0 Å². The van der Waals surface area contributed by atoms with Gasteiger partial charge in [0.05, 0.1) is 30.3 Å². The smallest absolute Gasteiger partial charge is 0.284 e. The number of rotatable bonds is 7. The Hall–Kier alpha value is -2.11. The van der Waals surface area contributed by atoms with Crippen molar-refractivity contribution in [3.63, 3.8) is 0 Å². The summed E-state index contributed by atoms with van der Waals surface area (Å²) in [4.78, 5) is 21.8. The van der Waals surface area contributed by atoms with Crippen molar-refractivity contribution in [2.45, 2.75) is 26.7 Å². The third-order valence-electron chi connectivity index (χ3n) is 2.61. The number of hydrogen-bond acceptors (Lipinski definition) is 5. The minimum absolute atomic E-state index is 0.0253. The molecule has 1 aromatic rings. The Morgan fingerprint density at radius 2 is 2.05 bits per heavy atom. The molecular formula is C13H17NO5. The van der Waals surface area contributed by atoms with Crippen molar-refractivity contribution in [1.29, 1.82) is 0 Å². The first-order valence-corrected chi connectivity index (χ1v) is 6.01. The predicted molar refractivity (Wildman–Crippen MR) is 70.1 cm³/mol. The van der Waals surface area contributed by atoms with Crippen LogP contribution in [0.2, 0.25) is 0 Å². The van der Waals surface area contributed by atoms with Crippen LogP contribution in [0, 0.1) is 10.1 Å². The van der Waals surface area contributed by atoms with Gasteiger partial charge in [-0.25, -0.2) is 0 Å². The number of carbonyl (C=O) groups excluding carboxylic acids is 1. The largest absolute Gasteiger partial charge is 0.493 e. The van der Waals surface area contributed by atoms with Crippen molar-refractivity contribution in [1.82, 2.24) is 0 Å². The second-order valence-corrected chi connectivity index (χ2v) is 4.04. The van der Waals surface area contributed by atoms with Crippen molar-refractivity contribution in [2.24, 2.45) is 0 Å². The molecule has 19 heavy (non-hydrogen) atoms. The van der Waals surface area contributed by atoms with Gasteiger partial charge in [-0.05, 0) is 13.3 Å². The fraction of sp³-hybridized carbons (Fsp3) is 0.462. The number of benzene rings is 1. The lowest BCUT2D eigenvalue weighted by atomic mass is 10.1. The highest BCUT2D eigenvalue weighted by Gasteiger charge is 2.22. The van der Waals surface area contributed by atoms with Gasteiger partial charge >= 0.3 is 0 Å². The molecule has 0 heterocycles. The van der Waals surface area contributed by atoms with E-state index < -0.39 is 4.92 Å². The summed E-state index contributed by atoms with van der Waals surface area (Å²) in [6.45, 7) is 3.78. The molecule has 0 N–H and O–H groups in total. The van der Waals surface area contributed by atoms with E-state index >= 15 is 0 Å². The lowest BCUT2D eigenvalue weighted by molar-refractivity contribution is -0.385.